The minimum atomic E-state index is -1.01. The molecule has 3 rings (SSSR count). The van der Waals surface area contributed by atoms with Crippen LogP contribution in [-0.2, 0) is 5.60 Å². The van der Waals surface area contributed by atoms with Crippen molar-refractivity contribution in [3.63, 3.8) is 0 Å². The maximum Gasteiger partial charge on any atom is 0.147 e. The van der Waals surface area contributed by atoms with E-state index in [4.69, 9.17) is 11.6 Å². The predicted octanol–water partition coefficient (Wildman–Crippen LogP) is 1.71. The largest absolute Gasteiger partial charge is 0.381 e. The van der Waals surface area contributed by atoms with Gasteiger partial charge in [0.05, 0.1) is 17.8 Å². The Kier molecular flexibility index (Phi) is 3.20. The smallest absolute Gasteiger partial charge is 0.147 e. The van der Waals surface area contributed by atoms with E-state index >= 15 is 0 Å². The summed E-state index contributed by atoms with van der Waals surface area (Å²) in [5.41, 5.74) is -0.464. The van der Waals surface area contributed by atoms with Gasteiger partial charge in [-0.3, -0.25) is 0 Å². The summed E-state index contributed by atoms with van der Waals surface area (Å²) in [5, 5.41) is 21.4. The maximum absolute atomic E-state index is 10.6. The Labute approximate surface area is 122 Å². The van der Waals surface area contributed by atoms with Crippen LogP contribution in [0.25, 0.3) is 0 Å². The summed E-state index contributed by atoms with van der Waals surface area (Å²) in [7, 11) is 0. The first-order chi connectivity index (χ1) is 9.08. The third kappa shape index (κ3) is 2.33. The van der Waals surface area contributed by atoms with Crippen LogP contribution in [-0.4, -0.2) is 38.6 Å². The van der Waals surface area contributed by atoms with Crippen molar-refractivity contribution in [1.29, 1.82) is 0 Å². The average Bonchev–Trinajstić information content (AvgIpc) is 2.99. The number of rotatable bonds is 2. The molecule has 1 fully saturated rings. The van der Waals surface area contributed by atoms with E-state index in [1.54, 1.807) is 18.5 Å². The zero-order valence-electron chi connectivity index (χ0n) is 9.85. The summed E-state index contributed by atoms with van der Waals surface area (Å²) in [6.45, 7) is 1.06. The van der Waals surface area contributed by atoms with Gasteiger partial charge in [0.1, 0.15) is 17.1 Å². The number of nitrogens with one attached hydrogen (secondary N) is 1. The van der Waals surface area contributed by atoms with Gasteiger partial charge in [-0.25, -0.2) is 4.98 Å². The highest BCUT2D eigenvalue weighted by molar-refractivity contribution is 9.10. The highest BCUT2D eigenvalue weighted by atomic mass is 79.9. The predicted molar refractivity (Wildman–Crippen MR) is 74.1 cm³/mol. The van der Waals surface area contributed by atoms with E-state index in [9.17, 15) is 5.11 Å². The fourth-order valence-corrected chi connectivity index (χ4v) is 3.00. The van der Waals surface area contributed by atoms with Crippen molar-refractivity contribution in [1.82, 2.24) is 20.4 Å². The molecule has 0 aromatic carbocycles. The van der Waals surface area contributed by atoms with Crippen molar-refractivity contribution in [2.75, 3.05) is 18.0 Å². The van der Waals surface area contributed by atoms with Gasteiger partial charge < -0.3 is 10.0 Å². The summed E-state index contributed by atoms with van der Waals surface area (Å²) in [6.07, 6.45) is 3.79. The molecule has 0 amide bonds. The summed E-state index contributed by atoms with van der Waals surface area (Å²) in [5.74, 6) is 0.671. The Morgan fingerprint density at radius 1 is 1.47 bits per heavy atom. The number of nitrogens with zero attached hydrogens (tertiary/aromatic N) is 4. The Balaban J connectivity index is 1.86. The molecule has 1 atom stereocenters. The quantitative estimate of drug-likeness (QED) is 0.867. The van der Waals surface area contributed by atoms with Crippen molar-refractivity contribution < 1.29 is 5.11 Å². The van der Waals surface area contributed by atoms with Crippen LogP contribution in [0.15, 0.2) is 22.9 Å². The number of hydrogen-bond donors (Lipinski definition) is 2. The molecule has 1 aliphatic heterocycles. The average molecular weight is 345 g/mol. The first-order valence-electron chi connectivity index (χ1n) is 5.73. The molecule has 0 saturated carbocycles. The van der Waals surface area contributed by atoms with Gasteiger partial charge in [-0.2, -0.15) is 15.4 Å². The van der Waals surface area contributed by atoms with Crippen molar-refractivity contribution in [3.05, 3.63) is 33.6 Å². The number of pyridine rings is 1. The van der Waals surface area contributed by atoms with Gasteiger partial charge in [-0.05, 0) is 22.0 Å². The molecule has 1 aliphatic rings. The number of anilines is 1. The van der Waals surface area contributed by atoms with Gasteiger partial charge in [0.15, 0.2) is 0 Å². The summed E-state index contributed by atoms with van der Waals surface area (Å²) in [6, 6.07) is 1.79. The van der Waals surface area contributed by atoms with Crippen LogP contribution in [0.1, 0.15) is 12.1 Å². The van der Waals surface area contributed by atoms with Crippen molar-refractivity contribution in [2.24, 2.45) is 0 Å². The van der Waals surface area contributed by atoms with Crippen LogP contribution < -0.4 is 4.90 Å². The zero-order valence-corrected chi connectivity index (χ0v) is 12.2. The van der Waals surface area contributed by atoms with Crippen LogP contribution in [0.3, 0.4) is 0 Å². The van der Waals surface area contributed by atoms with E-state index in [1.165, 1.54) is 0 Å². The highest BCUT2D eigenvalue weighted by Gasteiger charge is 2.40. The summed E-state index contributed by atoms with van der Waals surface area (Å²) >= 11 is 9.50. The normalized spacial score (nSPS) is 23.0. The zero-order chi connectivity index (χ0) is 13.5. The monoisotopic (exact) mass is 343 g/mol. The van der Waals surface area contributed by atoms with E-state index in [0.29, 0.717) is 36.0 Å². The highest BCUT2D eigenvalue weighted by Crippen LogP contribution is 2.35. The van der Waals surface area contributed by atoms with Crippen molar-refractivity contribution >= 4 is 33.3 Å². The van der Waals surface area contributed by atoms with Crippen LogP contribution >= 0.6 is 27.5 Å². The molecule has 100 valence electrons. The molecule has 0 bridgehead atoms. The van der Waals surface area contributed by atoms with E-state index in [2.05, 4.69) is 36.3 Å². The fraction of sp³-hybridized carbons (Fsp3) is 0.364. The van der Waals surface area contributed by atoms with Gasteiger partial charge in [0, 0.05) is 23.6 Å². The molecule has 0 spiro atoms. The number of hydrogen-bond acceptors (Lipinski definition) is 5. The molecule has 1 unspecified atom stereocenters. The number of aliphatic hydroxyl groups is 1. The second-order valence-corrected chi connectivity index (χ2v) is 5.84. The van der Waals surface area contributed by atoms with Gasteiger partial charge in [0.25, 0.3) is 0 Å². The van der Waals surface area contributed by atoms with E-state index in [0.717, 1.165) is 4.47 Å². The lowest BCUT2D eigenvalue weighted by Crippen LogP contribution is -2.31. The van der Waals surface area contributed by atoms with Crippen molar-refractivity contribution in [3.8, 4) is 0 Å². The fourth-order valence-electron chi connectivity index (χ4n) is 2.25. The molecule has 2 aromatic heterocycles. The van der Waals surface area contributed by atoms with Gasteiger partial charge >= 0.3 is 0 Å². The Morgan fingerprint density at radius 2 is 2.32 bits per heavy atom. The first-order valence-corrected chi connectivity index (χ1v) is 6.90. The molecule has 3 heterocycles. The molecule has 0 aliphatic carbocycles. The molecule has 0 radical (unpaired) electrons. The molecule has 19 heavy (non-hydrogen) atoms. The van der Waals surface area contributed by atoms with Crippen LogP contribution in [0, 0.1) is 0 Å². The third-order valence-corrected chi connectivity index (χ3v) is 3.94. The molecule has 1 saturated heterocycles. The molecule has 2 aromatic rings. The molecular weight excluding hydrogens is 334 g/mol. The standard InChI is InChI=1S/C11H11BrClN5O/c12-7-3-8(13)10(14-4-7)18-2-1-11(19,6-18)9-5-15-17-16-9/h3-5,19H,1-2,6H2,(H,15,16,17). The van der Waals surface area contributed by atoms with Crippen LogP contribution in [0.2, 0.25) is 5.02 Å². The molecule has 8 heteroatoms. The van der Waals surface area contributed by atoms with Gasteiger partial charge in [-0.15, -0.1) is 0 Å². The van der Waals surface area contributed by atoms with Gasteiger partial charge in [0.2, 0.25) is 0 Å². The maximum atomic E-state index is 10.6. The minimum absolute atomic E-state index is 0.397. The molecule has 2 N–H and O–H groups in total. The van der Waals surface area contributed by atoms with Crippen LogP contribution in [0.5, 0.6) is 0 Å². The molecule has 6 nitrogen and oxygen atoms in total. The Hall–Kier alpha value is -1.18. The number of aromatic nitrogens is 4. The van der Waals surface area contributed by atoms with Crippen LogP contribution in [0.4, 0.5) is 5.82 Å². The topological polar surface area (TPSA) is 77.9 Å². The summed E-state index contributed by atoms with van der Waals surface area (Å²) in [4.78, 5) is 6.25. The second kappa shape index (κ2) is 4.73. The lowest BCUT2D eigenvalue weighted by molar-refractivity contribution is 0.0559. The number of halogens is 2. The van der Waals surface area contributed by atoms with E-state index < -0.39 is 5.60 Å². The number of H-pyrrole nitrogens is 1. The number of aromatic amines is 1. The molecular formula is C11H11BrClN5O. The lowest BCUT2D eigenvalue weighted by Gasteiger charge is -2.22. The van der Waals surface area contributed by atoms with Gasteiger partial charge in [-0.1, -0.05) is 11.6 Å². The lowest BCUT2D eigenvalue weighted by atomic mass is 10.0. The summed E-state index contributed by atoms with van der Waals surface area (Å²) < 4.78 is 0.826. The Bertz CT molecular complexity index is 593. The third-order valence-electron chi connectivity index (χ3n) is 3.23. The van der Waals surface area contributed by atoms with Crippen molar-refractivity contribution in [2.45, 2.75) is 12.0 Å². The van der Waals surface area contributed by atoms with E-state index in [1.807, 2.05) is 4.90 Å². The first kappa shape index (κ1) is 12.8. The minimum Gasteiger partial charge on any atom is -0.381 e. The second-order valence-electron chi connectivity index (χ2n) is 4.52. The SMILES string of the molecule is OC1(c2cn[nH]n2)CCN(c2ncc(Br)cc2Cl)C1. The Morgan fingerprint density at radius 3 is 3.00 bits per heavy atom. The number of β-amino-alcohol motifs (C(OH)–C–C–N with tert-alkyl or cyclic N) is 1. The van der Waals surface area contributed by atoms with E-state index in [-0.39, 0.29) is 0 Å².